The number of pyridine rings is 1. The lowest BCUT2D eigenvalue weighted by atomic mass is 9.79. The van der Waals surface area contributed by atoms with Gasteiger partial charge in [-0.15, -0.1) is 0 Å². The van der Waals surface area contributed by atoms with Gasteiger partial charge in [0.25, 0.3) is 0 Å². The van der Waals surface area contributed by atoms with Crippen molar-refractivity contribution in [1.29, 1.82) is 0 Å². The van der Waals surface area contributed by atoms with E-state index in [-0.39, 0.29) is 11.6 Å². The molecule has 0 amide bonds. The van der Waals surface area contributed by atoms with Crippen LogP contribution in [0, 0.1) is 19.8 Å². The second-order valence-corrected chi connectivity index (χ2v) is 6.45. The van der Waals surface area contributed by atoms with Crippen LogP contribution in [-0.2, 0) is 9.47 Å². The zero-order chi connectivity index (χ0) is 14.9. The van der Waals surface area contributed by atoms with E-state index in [2.05, 4.69) is 30.3 Å². The molecule has 0 saturated carbocycles. The Hall–Kier alpha value is -1.01. The predicted octanol–water partition coefficient (Wildman–Crippen LogP) is 1.79. The molecule has 5 nitrogen and oxygen atoms in total. The fraction of sp³-hybridized carbons (Fsp3) is 0.688. The van der Waals surface area contributed by atoms with Crippen LogP contribution in [0.25, 0.3) is 0 Å². The maximum absolute atomic E-state index is 6.02. The van der Waals surface area contributed by atoms with E-state index in [1.54, 1.807) is 0 Å². The summed E-state index contributed by atoms with van der Waals surface area (Å²) in [5, 5.41) is 0. The third kappa shape index (κ3) is 2.97. The van der Waals surface area contributed by atoms with Crippen molar-refractivity contribution in [3.63, 3.8) is 0 Å². The van der Waals surface area contributed by atoms with Crippen LogP contribution in [0.4, 0.5) is 0 Å². The highest BCUT2D eigenvalue weighted by atomic mass is 16.6. The molecule has 21 heavy (non-hydrogen) atoms. The van der Waals surface area contributed by atoms with Gasteiger partial charge in [-0.1, -0.05) is 6.07 Å². The van der Waals surface area contributed by atoms with Gasteiger partial charge in [-0.25, -0.2) is 0 Å². The van der Waals surface area contributed by atoms with Crippen molar-refractivity contribution in [1.82, 2.24) is 10.4 Å². The summed E-state index contributed by atoms with van der Waals surface area (Å²) in [5.41, 5.74) is 6.33. The molecule has 116 valence electrons. The van der Waals surface area contributed by atoms with E-state index in [1.807, 2.05) is 6.20 Å². The third-order valence-corrected chi connectivity index (χ3v) is 4.80. The van der Waals surface area contributed by atoms with Gasteiger partial charge in [0.2, 0.25) is 0 Å². The van der Waals surface area contributed by atoms with Crippen molar-refractivity contribution in [3.05, 3.63) is 29.1 Å². The first-order valence-electron chi connectivity index (χ1n) is 7.74. The summed E-state index contributed by atoms with van der Waals surface area (Å²) in [6.45, 7) is 6.45. The monoisotopic (exact) mass is 291 g/mol. The van der Waals surface area contributed by atoms with Crippen LogP contribution in [-0.4, -0.2) is 30.4 Å². The number of hydrazine groups is 1. The van der Waals surface area contributed by atoms with E-state index >= 15 is 0 Å². The fourth-order valence-electron chi connectivity index (χ4n) is 3.70. The Morgan fingerprint density at radius 1 is 1.43 bits per heavy atom. The Morgan fingerprint density at radius 3 is 2.95 bits per heavy atom. The van der Waals surface area contributed by atoms with Crippen LogP contribution in [0.5, 0.6) is 0 Å². The minimum atomic E-state index is -0.101. The van der Waals surface area contributed by atoms with Crippen LogP contribution >= 0.6 is 0 Å². The van der Waals surface area contributed by atoms with Crippen LogP contribution in [0.2, 0.25) is 0 Å². The molecule has 1 aromatic heterocycles. The number of aromatic nitrogens is 1. The van der Waals surface area contributed by atoms with Crippen molar-refractivity contribution in [3.8, 4) is 0 Å². The molecular weight excluding hydrogens is 266 g/mol. The summed E-state index contributed by atoms with van der Waals surface area (Å²) in [5.74, 6) is 6.30. The lowest BCUT2D eigenvalue weighted by molar-refractivity contribution is -0.103. The van der Waals surface area contributed by atoms with Gasteiger partial charge in [-0.05, 0) is 43.7 Å². The minimum absolute atomic E-state index is 0.0759. The van der Waals surface area contributed by atoms with Crippen LogP contribution in [0.15, 0.2) is 12.3 Å². The van der Waals surface area contributed by atoms with Crippen molar-refractivity contribution < 1.29 is 9.47 Å². The predicted molar refractivity (Wildman–Crippen MR) is 80.6 cm³/mol. The number of ether oxygens (including phenoxy) is 2. The van der Waals surface area contributed by atoms with E-state index in [4.69, 9.17) is 15.3 Å². The molecule has 3 rings (SSSR count). The fourth-order valence-corrected chi connectivity index (χ4v) is 3.70. The molecular formula is C16H25N3O2. The largest absolute Gasteiger partial charge is 0.378 e. The quantitative estimate of drug-likeness (QED) is 0.656. The second kappa shape index (κ2) is 6.01. The molecule has 0 bridgehead atoms. The SMILES string of the molecule is Cc1cnc(C(NN)C2CCOC3(CCOC3)C2)c(C)c1. The van der Waals surface area contributed by atoms with Crippen molar-refractivity contribution in [2.75, 3.05) is 19.8 Å². The molecule has 3 atom stereocenters. The highest BCUT2D eigenvalue weighted by Crippen LogP contribution is 2.40. The molecule has 2 aliphatic rings. The standard InChI is InChI=1S/C16H25N3O2/c1-11-7-12(2)14(18-9-11)15(19-17)13-3-5-21-16(8-13)4-6-20-10-16/h7,9,13,15,19H,3-6,8,10,17H2,1-2H3. The highest BCUT2D eigenvalue weighted by molar-refractivity contribution is 5.26. The average Bonchev–Trinajstić information content (AvgIpc) is 2.90. The molecule has 0 aromatic carbocycles. The van der Waals surface area contributed by atoms with Gasteiger partial charge in [0, 0.05) is 25.8 Å². The summed E-state index contributed by atoms with van der Waals surface area (Å²) in [4.78, 5) is 4.62. The maximum Gasteiger partial charge on any atom is 0.0940 e. The summed E-state index contributed by atoms with van der Waals surface area (Å²) < 4.78 is 11.6. The maximum atomic E-state index is 6.02. The van der Waals surface area contributed by atoms with Gasteiger partial charge in [0.15, 0.2) is 0 Å². The molecule has 3 N–H and O–H groups in total. The minimum Gasteiger partial charge on any atom is -0.378 e. The van der Waals surface area contributed by atoms with Gasteiger partial charge >= 0.3 is 0 Å². The number of aryl methyl sites for hydroxylation is 2. The van der Waals surface area contributed by atoms with Crippen molar-refractivity contribution in [2.45, 2.75) is 44.8 Å². The van der Waals surface area contributed by atoms with E-state index in [0.717, 1.165) is 38.2 Å². The molecule has 2 aliphatic heterocycles. The Morgan fingerprint density at radius 2 is 2.29 bits per heavy atom. The van der Waals surface area contributed by atoms with Crippen molar-refractivity contribution >= 4 is 0 Å². The number of nitrogens with zero attached hydrogens (tertiary/aromatic N) is 1. The normalized spacial score (nSPS) is 30.7. The van der Waals surface area contributed by atoms with E-state index < -0.39 is 0 Å². The second-order valence-electron chi connectivity index (χ2n) is 6.45. The first kappa shape index (κ1) is 14.9. The van der Waals surface area contributed by atoms with E-state index in [9.17, 15) is 0 Å². The number of nitrogens with two attached hydrogens (primary N) is 1. The Balaban J connectivity index is 1.82. The summed E-state index contributed by atoms with van der Waals surface area (Å²) in [6, 6.07) is 2.24. The lowest BCUT2D eigenvalue weighted by Crippen LogP contribution is -2.45. The van der Waals surface area contributed by atoms with Gasteiger partial charge < -0.3 is 9.47 Å². The number of hydrogen-bond donors (Lipinski definition) is 2. The van der Waals surface area contributed by atoms with Crippen molar-refractivity contribution in [2.24, 2.45) is 11.8 Å². The molecule has 1 aromatic rings. The number of nitrogens with one attached hydrogen (secondary N) is 1. The third-order valence-electron chi connectivity index (χ3n) is 4.80. The van der Waals surface area contributed by atoms with E-state index in [0.29, 0.717) is 12.5 Å². The Labute approximate surface area is 126 Å². The van der Waals surface area contributed by atoms with Gasteiger partial charge in [0.05, 0.1) is 23.9 Å². The average molecular weight is 291 g/mol. The number of rotatable bonds is 3. The zero-order valence-corrected chi connectivity index (χ0v) is 12.9. The molecule has 0 aliphatic carbocycles. The Kier molecular flexibility index (Phi) is 4.26. The van der Waals surface area contributed by atoms with Gasteiger partial charge in [0.1, 0.15) is 0 Å². The highest BCUT2D eigenvalue weighted by Gasteiger charge is 2.43. The molecule has 3 heterocycles. The molecule has 0 radical (unpaired) electrons. The molecule has 5 heteroatoms. The van der Waals surface area contributed by atoms with Gasteiger partial charge in [-0.2, -0.15) is 0 Å². The smallest absolute Gasteiger partial charge is 0.0940 e. The summed E-state index contributed by atoms with van der Waals surface area (Å²) in [7, 11) is 0. The zero-order valence-electron chi connectivity index (χ0n) is 12.9. The molecule has 2 fully saturated rings. The van der Waals surface area contributed by atoms with E-state index in [1.165, 1.54) is 11.1 Å². The molecule has 1 spiro atoms. The lowest BCUT2D eigenvalue weighted by Gasteiger charge is -2.40. The molecule has 3 unspecified atom stereocenters. The summed E-state index contributed by atoms with van der Waals surface area (Å²) in [6.07, 6.45) is 4.89. The number of hydrogen-bond acceptors (Lipinski definition) is 5. The van der Waals surface area contributed by atoms with Crippen LogP contribution in [0.1, 0.15) is 42.1 Å². The molecule has 2 saturated heterocycles. The van der Waals surface area contributed by atoms with Gasteiger partial charge in [-0.3, -0.25) is 16.3 Å². The van der Waals surface area contributed by atoms with Crippen LogP contribution < -0.4 is 11.3 Å². The summed E-state index contributed by atoms with van der Waals surface area (Å²) >= 11 is 0. The Bertz CT molecular complexity index is 500. The topological polar surface area (TPSA) is 69.4 Å². The first-order chi connectivity index (χ1) is 10.1. The van der Waals surface area contributed by atoms with Crippen LogP contribution in [0.3, 0.4) is 0 Å². The first-order valence-corrected chi connectivity index (χ1v) is 7.74.